The Morgan fingerprint density at radius 3 is 2.71 bits per heavy atom. The van der Waals surface area contributed by atoms with Gasteiger partial charge >= 0.3 is 0 Å². The van der Waals surface area contributed by atoms with Crippen LogP contribution < -0.4 is 0 Å². The molecule has 17 heavy (non-hydrogen) atoms. The molecule has 0 aromatic heterocycles. The minimum atomic E-state index is 0.217. The Hall–Kier alpha value is -0.590. The van der Waals surface area contributed by atoms with Crippen molar-refractivity contribution in [2.75, 3.05) is 20.3 Å². The molecule has 0 aromatic rings. The van der Waals surface area contributed by atoms with Crippen LogP contribution in [0.1, 0.15) is 46.0 Å². The molecule has 0 spiro atoms. The lowest BCUT2D eigenvalue weighted by Crippen LogP contribution is -2.48. The average molecular weight is 238 g/mol. The fraction of sp³-hybridized carbons (Fsp3) is 0.929. The molecule has 0 aromatic carbocycles. The molecule has 1 aliphatic rings. The zero-order valence-electron chi connectivity index (χ0n) is 11.5. The van der Waals surface area contributed by atoms with E-state index in [1.165, 1.54) is 19.3 Å². The van der Waals surface area contributed by atoms with Gasteiger partial charge in [-0.05, 0) is 26.2 Å². The maximum absolute atomic E-state index is 9.28. The van der Waals surface area contributed by atoms with Crippen LogP contribution in [-0.4, -0.2) is 37.2 Å². The summed E-state index contributed by atoms with van der Waals surface area (Å²) in [4.78, 5) is 2.50. The van der Waals surface area contributed by atoms with Crippen LogP contribution in [0, 0.1) is 17.2 Å². The summed E-state index contributed by atoms with van der Waals surface area (Å²) >= 11 is 0. The first-order valence-corrected chi connectivity index (χ1v) is 6.88. The molecule has 0 saturated heterocycles. The Balaban J connectivity index is 2.68. The SMILES string of the molecule is CCC(C)N(CCOC)C1CCCCC1C#N. The van der Waals surface area contributed by atoms with Crippen molar-refractivity contribution in [3.8, 4) is 6.07 Å². The summed E-state index contributed by atoms with van der Waals surface area (Å²) in [5.41, 5.74) is 0. The monoisotopic (exact) mass is 238 g/mol. The molecule has 0 bridgehead atoms. The van der Waals surface area contributed by atoms with Gasteiger partial charge in [-0.1, -0.05) is 19.8 Å². The van der Waals surface area contributed by atoms with Gasteiger partial charge in [0.25, 0.3) is 0 Å². The van der Waals surface area contributed by atoms with Gasteiger partial charge in [-0.3, -0.25) is 4.90 Å². The number of ether oxygens (including phenoxy) is 1. The Labute approximate surface area is 106 Å². The lowest BCUT2D eigenvalue weighted by molar-refractivity contribution is 0.0553. The van der Waals surface area contributed by atoms with Crippen molar-refractivity contribution in [2.24, 2.45) is 5.92 Å². The van der Waals surface area contributed by atoms with E-state index >= 15 is 0 Å². The summed E-state index contributed by atoms with van der Waals surface area (Å²) in [6, 6.07) is 3.50. The van der Waals surface area contributed by atoms with E-state index in [0.717, 1.165) is 26.0 Å². The first-order valence-electron chi connectivity index (χ1n) is 6.88. The van der Waals surface area contributed by atoms with Crippen LogP contribution in [-0.2, 0) is 4.74 Å². The van der Waals surface area contributed by atoms with Gasteiger partial charge in [-0.25, -0.2) is 0 Å². The maximum Gasteiger partial charge on any atom is 0.0672 e. The van der Waals surface area contributed by atoms with Gasteiger partial charge in [-0.2, -0.15) is 5.26 Å². The molecule has 1 saturated carbocycles. The van der Waals surface area contributed by atoms with Gasteiger partial charge in [0.2, 0.25) is 0 Å². The van der Waals surface area contributed by atoms with Crippen LogP contribution in [0.2, 0.25) is 0 Å². The second-order valence-corrected chi connectivity index (χ2v) is 5.08. The van der Waals surface area contributed by atoms with Gasteiger partial charge in [0, 0.05) is 25.7 Å². The van der Waals surface area contributed by atoms with E-state index in [-0.39, 0.29) is 5.92 Å². The van der Waals surface area contributed by atoms with Crippen LogP contribution in [0.25, 0.3) is 0 Å². The van der Waals surface area contributed by atoms with E-state index in [4.69, 9.17) is 4.74 Å². The van der Waals surface area contributed by atoms with Crippen LogP contribution in [0.15, 0.2) is 0 Å². The van der Waals surface area contributed by atoms with Gasteiger partial charge in [0.05, 0.1) is 18.6 Å². The van der Waals surface area contributed by atoms with Crippen molar-refractivity contribution in [3.63, 3.8) is 0 Å². The first-order chi connectivity index (χ1) is 8.24. The largest absolute Gasteiger partial charge is 0.383 e. The van der Waals surface area contributed by atoms with Crippen LogP contribution >= 0.6 is 0 Å². The normalized spacial score (nSPS) is 26.8. The van der Waals surface area contributed by atoms with E-state index in [2.05, 4.69) is 24.8 Å². The van der Waals surface area contributed by atoms with Crippen molar-refractivity contribution in [1.82, 2.24) is 4.90 Å². The van der Waals surface area contributed by atoms with E-state index < -0.39 is 0 Å². The topological polar surface area (TPSA) is 36.3 Å². The smallest absolute Gasteiger partial charge is 0.0672 e. The third-order valence-corrected chi connectivity index (χ3v) is 4.03. The average Bonchev–Trinajstić information content (AvgIpc) is 2.39. The maximum atomic E-state index is 9.28. The number of rotatable bonds is 6. The standard InChI is InChI=1S/C14H26N2O/c1-4-12(2)16(9-10-17-3)14-8-6-5-7-13(14)11-15/h12-14H,4-10H2,1-3H3. The Morgan fingerprint density at radius 2 is 2.12 bits per heavy atom. The molecule has 3 unspecified atom stereocenters. The van der Waals surface area contributed by atoms with E-state index in [1.807, 2.05) is 0 Å². The minimum absolute atomic E-state index is 0.217. The van der Waals surface area contributed by atoms with Crippen LogP contribution in [0.3, 0.4) is 0 Å². The fourth-order valence-electron chi connectivity index (χ4n) is 2.80. The molecule has 0 amide bonds. The number of nitriles is 1. The molecule has 0 aliphatic heterocycles. The Morgan fingerprint density at radius 1 is 1.41 bits per heavy atom. The zero-order chi connectivity index (χ0) is 12.7. The Bertz CT molecular complexity index is 249. The summed E-state index contributed by atoms with van der Waals surface area (Å²) in [6.45, 7) is 6.20. The lowest BCUT2D eigenvalue weighted by Gasteiger charge is -2.40. The summed E-state index contributed by atoms with van der Waals surface area (Å²) in [7, 11) is 1.75. The lowest BCUT2D eigenvalue weighted by atomic mass is 9.83. The number of hydrogen-bond acceptors (Lipinski definition) is 3. The molecular formula is C14H26N2O. The molecule has 1 rings (SSSR count). The summed E-state index contributed by atoms with van der Waals surface area (Å²) < 4.78 is 5.20. The molecule has 98 valence electrons. The molecular weight excluding hydrogens is 212 g/mol. The molecule has 0 heterocycles. The van der Waals surface area contributed by atoms with Gasteiger partial charge in [0.15, 0.2) is 0 Å². The zero-order valence-corrected chi connectivity index (χ0v) is 11.5. The predicted octanol–water partition coefficient (Wildman–Crippen LogP) is 2.82. The third-order valence-electron chi connectivity index (χ3n) is 4.03. The highest BCUT2D eigenvalue weighted by Crippen LogP contribution is 2.29. The first kappa shape index (κ1) is 14.5. The second-order valence-electron chi connectivity index (χ2n) is 5.08. The molecule has 3 atom stereocenters. The molecule has 0 radical (unpaired) electrons. The van der Waals surface area contributed by atoms with Gasteiger partial charge < -0.3 is 4.74 Å². The highest BCUT2D eigenvalue weighted by Gasteiger charge is 2.31. The molecule has 3 heteroatoms. The second kappa shape index (κ2) is 7.68. The Kier molecular flexibility index (Phi) is 6.54. The molecule has 0 N–H and O–H groups in total. The van der Waals surface area contributed by atoms with Crippen molar-refractivity contribution in [2.45, 2.75) is 58.0 Å². The number of hydrogen-bond donors (Lipinski definition) is 0. The van der Waals surface area contributed by atoms with Gasteiger partial charge in [-0.15, -0.1) is 0 Å². The number of methoxy groups -OCH3 is 1. The predicted molar refractivity (Wildman–Crippen MR) is 69.7 cm³/mol. The van der Waals surface area contributed by atoms with E-state index in [0.29, 0.717) is 12.1 Å². The summed E-state index contributed by atoms with van der Waals surface area (Å²) in [5.74, 6) is 0.217. The molecule has 1 aliphatic carbocycles. The van der Waals surface area contributed by atoms with Crippen molar-refractivity contribution < 1.29 is 4.74 Å². The van der Waals surface area contributed by atoms with E-state index in [1.54, 1.807) is 7.11 Å². The highest BCUT2D eigenvalue weighted by atomic mass is 16.5. The van der Waals surface area contributed by atoms with E-state index in [9.17, 15) is 5.26 Å². The van der Waals surface area contributed by atoms with Crippen molar-refractivity contribution in [1.29, 1.82) is 5.26 Å². The summed E-state index contributed by atoms with van der Waals surface area (Å²) in [5, 5.41) is 9.28. The minimum Gasteiger partial charge on any atom is -0.383 e. The quantitative estimate of drug-likeness (QED) is 0.714. The molecule has 1 fully saturated rings. The van der Waals surface area contributed by atoms with Crippen molar-refractivity contribution >= 4 is 0 Å². The molecule has 3 nitrogen and oxygen atoms in total. The van der Waals surface area contributed by atoms with Crippen LogP contribution in [0.5, 0.6) is 0 Å². The van der Waals surface area contributed by atoms with Gasteiger partial charge in [0.1, 0.15) is 0 Å². The van der Waals surface area contributed by atoms with Crippen molar-refractivity contribution in [3.05, 3.63) is 0 Å². The number of nitrogens with zero attached hydrogens (tertiary/aromatic N) is 2. The summed E-state index contributed by atoms with van der Waals surface area (Å²) in [6.07, 6.45) is 5.86. The van der Waals surface area contributed by atoms with Crippen LogP contribution in [0.4, 0.5) is 0 Å². The fourth-order valence-corrected chi connectivity index (χ4v) is 2.80. The highest BCUT2D eigenvalue weighted by molar-refractivity contribution is 4.96. The third kappa shape index (κ3) is 3.97.